The minimum absolute atomic E-state index is 0.261. The highest BCUT2D eigenvalue weighted by Gasteiger charge is 2.28. The second-order valence-corrected chi connectivity index (χ2v) is 5.70. The van der Waals surface area contributed by atoms with Gasteiger partial charge in [0.25, 0.3) is 0 Å². The summed E-state index contributed by atoms with van der Waals surface area (Å²) in [5.41, 5.74) is 2.26. The van der Waals surface area contributed by atoms with E-state index in [2.05, 4.69) is 41.9 Å². The van der Waals surface area contributed by atoms with Gasteiger partial charge >= 0.3 is 0 Å². The van der Waals surface area contributed by atoms with E-state index in [0.29, 0.717) is 12.3 Å². The molecule has 1 fully saturated rings. The molecule has 3 rings (SSSR count). The molecule has 1 unspecified atom stereocenters. The first-order valence-corrected chi connectivity index (χ1v) is 7.62. The Hall–Kier alpha value is -1.55. The fourth-order valence-electron chi connectivity index (χ4n) is 2.82. The summed E-state index contributed by atoms with van der Waals surface area (Å²) in [6.45, 7) is 1.62. The predicted octanol–water partition coefficient (Wildman–Crippen LogP) is 2.56. The molecular weight excluding hydrogens is 268 g/mol. The normalized spacial score (nSPS) is 18.9. The number of hydrogen-bond acceptors (Lipinski definition) is 3. The van der Waals surface area contributed by atoms with Crippen LogP contribution in [0.15, 0.2) is 36.5 Å². The summed E-state index contributed by atoms with van der Waals surface area (Å²) in [5.74, 6) is 1.46. The van der Waals surface area contributed by atoms with Crippen LogP contribution in [-0.2, 0) is 11.2 Å². The predicted molar refractivity (Wildman–Crippen MR) is 84.0 cm³/mol. The monoisotopic (exact) mass is 286 g/mol. The number of nitrogens with zero attached hydrogens (tertiary/aromatic N) is 2. The largest absolute Gasteiger partial charge is 0.342 e. The van der Waals surface area contributed by atoms with Gasteiger partial charge in [-0.25, -0.2) is 0 Å². The number of likely N-dealkylation sites (tertiary alicyclic amines) is 1. The highest BCUT2D eigenvalue weighted by molar-refractivity contribution is 7.80. The van der Waals surface area contributed by atoms with E-state index >= 15 is 0 Å². The molecule has 1 atom stereocenters. The fraction of sp³-hybridized carbons (Fsp3) is 0.375. The molecule has 1 saturated heterocycles. The van der Waals surface area contributed by atoms with E-state index in [-0.39, 0.29) is 5.91 Å². The van der Waals surface area contributed by atoms with Crippen LogP contribution in [0.1, 0.15) is 12.0 Å². The zero-order valence-electron chi connectivity index (χ0n) is 11.3. The molecule has 3 nitrogen and oxygen atoms in total. The molecule has 0 radical (unpaired) electrons. The van der Waals surface area contributed by atoms with E-state index < -0.39 is 0 Å². The van der Waals surface area contributed by atoms with Gasteiger partial charge in [-0.15, -0.1) is 0 Å². The number of hydrogen-bond donors (Lipinski definition) is 1. The van der Waals surface area contributed by atoms with Crippen molar-refractivity contribution in [1.82, 2.24) is 9.88 Å². The number of thiol groups is 1. The molecule has 0 saturated carbocycles. The zero-order valence-corrected chi connectivity index (χ0v) is 12.2. The number of carbonyl (C=O) groups is 1. The standard InChI is InChI=1S/C16H18N2OS/c19-15-9-12(11-20)10-18(15)8-6-14-4-1-3-13-5-2-7-17-16(13)14/h1-5,7,12,20H,6,8-11H2. The number of pyridine rings is 1. The maximum absolute atomic E-state index is 11.9. The highest BCUT2D eigenvalue weighted by atomic mass is 32.1. The quantitative estimate of drug-likeness (QED) is 0.876. The number of amides is 1. The minimum Gasteiger partial charge on any atom is -0.342 e. The van der Waals surface area contributed by atoms with E-state index in [1.165, 1.54) is 5.56 Å². The molecule has 0 N–H and O–H groups in total. The molecule has 20 heavy (non-hydrogen) atoms. The van der Waals surface area contributed by atoms with Gasteiger partial charge in [0.1, 0.15) is 0 Å². The van der Waals surface area contributed by atoms with E-state index in [1.54, 1.807) is 0 Å². The van der Waals surface area contributed by atoms with Crippen molar-refractivity contribution in [3.8, 4) is 0 Å². The summed E-state index contributed by atoms with van der Waals surface area (Å²) in [6, 6.07) is 10.3. The first-order chi connectivity index (χ1) is 9.78. The van der Waals surface area contributed by atoms with Crippen LogP contribution in [0.25, 0.3) is 10.9 Å². The van der Waals surface area contributed by atoms with Crippen LogP contribution in [0.4, 0.5) is 0 Å². The Morgan fingerprint density at radius 2 is 2.15 bits per heavy atom. The Balaban J connectivity index is 1.73. The van der Waals surface area contributed by atoms with Crippen LogP contribution in [0.3, 0.4) is 0 Å². The van der Waals surface area contributed by atoms with E-state index in [0.717, 1.165) is 36.2 Å². The van der Waals surface area contributed by atoms with Crippen LogP contribution in [-0.4, -0.2) is 34.6 Å². The van der Waals surface area contributed by atoms with Gasteiger partial charge in [0, 0.05) is 31.1 Å². The number of carbonyl (C=O) groups excluding carboxylic acids is 1. The average molecular weight is 286 g/mol. The summed E-state index contributed by atoms with van der Waals surface area (Å²) in [4.78, 5) is 18.3. The van der Waals surface area contributed by atoms with Crippen molar-refractivity contribution in [3.63, 3.8) is 0 Å². The van der Waals surface area contributed by atoms with E-state index in [4.69, 9.17) is 0 Å². The van der Waals surface area contributed by atoms with Crippen molar-refractivity contribution in [3.05, 3.63) is 42.1 Å². The van der Waals surface area contributed by atoms with Gasteiger partial charge < -0.3 is 4.90 Å². The van der Waals surface area contributed by atoms with Crippen LogP contribution in [0.2, 0.25) is 0 Å². The van der Waals surface area contributed by atoms with Gasteiger partial charge in [-0.1, -0.05) is 24.3 Å². The molecule has 104 valence electrons. The summed E-state index contributed by atoms with van der Waals surface area (Å²) in [5, 5.41) is 1.16. The van der Waals surface area contributed by atoms with Gasteiger partial charge in [0.15, 0.2) is 0 Å². The van der Waals surface area contributed by atoms with Crippen LogP contribution in [0.5, 0.6) is 0 Å². The van der Waals surface area contributed by atoms with Crippen molar-refractivity contribution in [2.24, 2.45) is 5.92 Å². The molecule has 4 heteroatoms. The van der Waals surface area contributed by atoms with Crippen LogP contribution >= 0.6 is 12.6 Å². The van der Waals surface area contributed by atoms with Gasteiger partial charge in [0.05, 0.1) is 5.52 Å². The molecule has 1 amide bonds. The average Bonchev–Trinajstić information content (AvgIpc) is 2.85. The Morgan fingerprint density at radius 1 is 1.30 bits per heavy atom. The lowest BCUT2D eigenvalue weighted by molar-refractivity contribution is -0.127. The molecule has 1 aliphatic heterocycles. The maximum atomic E-state index is 11.9. The Kier molecular flexibility index (Phi) is 3.92. The first kappa shape index (κ1) is 13.4. The number of aromatic nitrogens is 1. The van der Waals surface area contributed by atoms with Gasteiger partial charge in [-0.2, -0.15) is 12.6 Å². The lowest BCUT2D eigenvalue weighted by atomic mass is 10.1. The molecule has 0 aliphatic carbocycles. The molecule has 2 heterocycles. The minimum atomic E-state index is 0.261. The second-order valence-electron chi connectivity index (χ2n) is 5.33. The summed E-state index contributed by atoms with van der Waals surface area (Å²) in [7, 11) is 0. The molecule has 0 spiro atoms. The topological polar surface area (TPSA) is 33.2 Å². The third-order valence-corrected chi connectivity index (χ3v) is 4.44. The van der Waals surface area contributed by atoms with Crippen LogP contribution in [0, 0.1) is 5.92 Å². The summed E-state index contributed by atoms with van der Waals surface area (Å²) in [6.07, 6.45) is 3.33. The molecule has 0 bridgehead atoms. The van der Waals surface area contributed by atoms with Crippen molar-refractivity contribution < 1.29 is 4.79 Å². The smallest absolute Gasteiger partial charge is 0.222 e. The summed E-state index contributed by atoms with van der Waals surface area (Å²) >= 11 is 4.29. The molecule has 1 aromatic heterocycles. The Bertz CT molecular complexity index is 623. The third-order valence-electron chi connectivity index (χ3n) is 3.92. The van der Waals surface area contributed by atoms with Crippen molar-refractivity contribution in [2.45, 2.75) is 12.8 Å². The lowest BCUT2D eigenvalue weighted by Crippen LogP contribution is -2.27. The second kappa shape index (κ2) is 5.83. The first-order valence-electron chi connectivity index (χ1n) is 6.99. The van der Waals surface area contributed by atoms with Gasteiger partial charge in [0.2, 0.25) is 5.91 Å². The van der Waals surface area contributed by atoms with Crippen molar-refractivity contribution >= 4 is 29.4 Å². The maximum Gasteiger partial charge on any atom is 0.222 e. The molecule has 1 aliphatic rings. The van der Waals surface area contributed by atoms with E-state index in [9.17, 15) is 4.79 Å². The summed E-state index contributed by atoms with van der Waals surface area (Å²) < 4.78 is 0. The van der Waals surface area contributed by atoms with E-state index in [1.807, 2.05) is 17.2 Å². The van der Waals surface area contributed by atoms with Gasteiger partial charge in [-0.3, -0.25) is 9.78 Å². The van der Waals surface area contributed by atoms with Crippen LogP contribution < -0.4 is 0 Å². The van der Waals surface area contributed by atoms with Crippen molar-refractivity contribution in [1.29, 1.82) is 0 Å². The molecule has 1 aromatic carbocycles. The Morgan fingerprint density at radius 3 is 2.95 bits per heavy atom. The SMILES string of the molecule is O=C1CC(CS)CN1CCc1cccc2cccnc12. The lowest BCUT2D eigenvalue weighted by Gasteiger charge is -2.16. The van der Waals surface area contributed by atoms with Gasteiger partial charge in [-0.05, 0) is 29.7 Å². The number of benzene rings is 1. The fourth-order valence-corrected chi connectivity index (χ4v) is 3.06. The van der Waals surface area contributed by atoms with Crippen molar-refractivity contribution in [2.75, 3.05) is 18.8 Å². The molecular formula is C16H18N2OS. The Labute approximate surface area is 124 Å². The zero-order chi connectivity index (χ0) is 13.9. The number of fused-ring (bicyclic) bond motifs is 1. The highest BCUT2D eigenvalue weighted by Crippen LogP contribution is 2.21. The number of para-hydroxylation sites is 1. The third kappa shape index (κ3) is 2.66. The molecule has 2 aromatic rings. The number of rotatable bonds is 4.